The molecule has 0 fully saturated rings. The van der Waals surface area contributed by atoms with E-state index in [4.69, 9.17) is 10.5 Å². The van der Waals surface area contributed by atoms with E-state index in [-0.39, 0.29) is 24.8 Å². The van der Waals surface area contributed by atoms with Gasteiger partial charge in [-0.25, -0.2) is 8.42 Å². The molecule has 0 aliphatic carbocycles. The smallest absolute Gasteiger partial charge is 0.229 e. The van der Waals surface area contributed by atoms with Crippen LogP contribution in [0.25, 0.3) is 21.8 Å². The normalized spacial score (nSPS) is 12.1. The third-order valence-electron chi connectivity index (χ3n) is 5.05. The summed E-state index contributed by atoms with van der Waals surface area (Å²) in [6, 6.07) is 18.4. The van der Waals surface area contributed by atoms with Crippen LogP contribution >= 0.6 is 24.8 Å². The molecule has 4 aromatic rings. The summed E-state index contributed by atoms with van der Waals surface area (Å²) >= 11 is 0. The highest BCUT2D eigenvalue weighted by molar-refractivity contribution is 7.92. The molecule has 11 heteroatoms. The molecule has 184 valence electrons. The molecule has 0 aliphatic rings. The molecule has 1 atom stereocenters. The zero-order chi connectivity index (χ0) is 22.7. The molecule has 0 aliphatic heterocycles. The van der Waals surface area contributed by atoms with Crippen LogP contribution < -0.4 is 20.5 Å². The number of sulfonamides is 1. The van der Waals surface area contributed by atoms with Crippen molar-refractivity contribution in [2.75, 3.05) is 36.4 Å². The Bertz CT molecular complexity index is 1360. The molecular formula is C23H28Cl2N4O4S. The maximum absolute atomic E-state index is 11.4. The fourth-order valence-corrected chi connectivity index (χ4v) is 4.17. The van der Waals surface area contributed by atoms with Gasteiger partial charge in [-0.2, -0.15) is 0 Å². The third-order valence-corrected chi connectivity index (χ3v) is 5.66. The molecule has 0 saturated heterocycles. The minimum absolute atomic E-state index is 0. The van der Waals surface area contributed by atoms with Crippen molar-refractivity contribution in [3.8, 4) is 5.75 Å². The average Bonchev–Trinajstić information content (AvgIpc) is 3.08. The highest BCUT2D eigenvalue weighted by Gasteiger charge is 2.10. The largest absolute Gasteiger partial charge is 0.492 e. The molecular weight excluding hydrogens is 499 g/mol. The van der Waals surface area contributed by atoms with Crippen molar-refractivity contribution in [3.05, 3.63) is 66.2 Å². The van der Waals surface area contributed by atoms with Gasteiger partial charge in [0.1, 0.15) is 12.4 Å². The maximum Gasteiger partial charge on any atom is 0.229 e. The SMILES string of the molecule is CS(=O)(=O)Nc1cccc([C@@H](O)CNCCOc2ccc3c(c2)[nH]c2cc(N)ccc23)c1.Cl.Cl. The Balaban J connectivity index is 0.00000204. The summed E-state index contributed by atoms with van der Waals surface area (Å²) in [5, 5.41) is 15.8. The third kappa shape index (κ3) is 6.91. The number of fused-ring (bicyclic) bond motifs is 3. The molecule has 6 N–H and O–H groups in total. The van der Waals surface area contributed by atoms with E-state index in [1.807, 2.05) is 36.4 Å². The summed E-state index contributed by atoms with van der Waals surface area (Å²) in [5.74, 6) is 0.749. The molecule has 4 rings (SSSR count). The number of halogens is 2. The number of ether oxygens (including phenoxy) is 1. The highest BCUT2D eigenvalue weighted by Crippen LogP contribution is 2.29. The lowest BCUT2D eigenvalue weighted by atomic mass is 10.1. The minimum atomic E-state index is -3.37. The first-order valence-corrected chi connectivity index (χ1v) is 12.1. The van der Waals surface area contributed by atoms with Crippen LogP contribution in [-0.4, -0.2) is 44.5 Å². The number of hydrogen-bond donors (Lipinski definition) is 5. The van der Waals surface area contributed by atoms with Crippen LogP contribution in [-0.2, 0) is 10.0 Å². The summed E-state index contributed by atoms with van der Waals surface area (Å²) in [6.45, 7) is 1.29. The second kappa shape index (κ2) is 11.6. The van der Waals surface area contributed by atoms with E-state index in [2.05, 4.69) is 15.0 Å². The zero-order valence-corrected chi connectivity index (χ0v) is 20.9. The summed E-state index contributed by atoms with van der Waals surface area (Å²) < 4.78 is 31.0. The van der Waals surface area contributed by atoms with E-state index in [0.717, 1.165) is 33.8 Å². The van der Waals surface area contributed by atoms with Crippen molar-refractivity contribution in [2.24, 2.45) is 0 Å². The van der Waals surface area contributed by atoms with Crippen molar-refractivity contribution in [2.45, 2.75) is 6.10 Å². The molecule has 0 radical (unpaired) electrons. The van der Waals surface area contributed by atoms with Gasteiger partial charge in [0, 0.05) is 46.8 Å². The average molecular weight is 527 g/mol. The maximum atomic E-state index is 11.4. The van der Waals surface area contributed by atoms with Gasteiger partial charge in [-0.1, -0.05) is 18.2 Å². The molecule has 34 heavy (non-hydrogen) atoms. The first-order chi connectivity index (χ1) is 15.3. The van der Waals surface area contributed by atoms with E-state index in [9.17, 15) is 13.5 Å². The van der Waals surface area contributed by atoms with Gasteiger partial charge >= 0.3 is 0 Å². The molecule has 1 aromatic heterocycles. The lowest BCUT2D eigenvalue weighted by Gasteiger charge is -2.14. The number of hydrogen-bond acceptors (Lipinski definition) is 6. The van der Waals surface area contributed by atoms with Crippen molar-refractivity contribution >= 4 is 68.0 Å². The van der Waals surface area contributed by atoms with Gasteiger partial charge in [-0.3, -0.25) is 4.72 Å². The van der Waals surface area contributed by atoms with Gasteiger partial charge in [0.15, 0.2) is 0 Å². The summed E-state index contributed by atoms with van der Waals surface area (Å²) in [7, 11) is -3.37. The van der Waals surface area contributed by atoms with E-state index >= 15 is 0 Å². The number of nitrogens with two attached hydrogens (primary N) is 1. The predicted molar refractivity (Wildman–Crippen MR) is 143 cm³/mol. The van der Waals surface area contributed by atoms with Crippen LogP contribution in [0.3, 0.4) is 0 Å². The fourth-order valence-electron chi connectivity index (χ4n) is 3.62. The molecule has 0 bridgehead atoms. The quantitative estimate of drug-likeness (QED) is 0.166. The number of aromatic nitrogens is 1. The number of aliphatic hydroxyl groups excluding tert-OH is 1. The Morgan fingerprint density at radius 3 is 2.47 bits per heavy atom. The van der Waals surface area contributed by atoms with E-state index in [1.54, 1.807) is 24.3 Å². The van der Waals surface area contributed by atoms with E-state index < -0.39 is 16.1 Å². The molecule has 8 nitrogen and oxygen atoms in total. The second-order valence-corrected chi connectivity index (χ2v) is 9.45. The molecule has 1 heterocycles. The Hall–Kier alpha value is -2.69. The summed E-state index contributed by atoms with van der Waals surface area (Å²) in [6.07, 6.45) is 0.315. The lowest BCUT2D eigenvalue weighted by molar-refractivity contribution is 0.172. The Morgan fingerprint density at radius 2 is 1.74 bits per heavy atom. The van der Waals surface area contributed by atoms with E-state index in [1.165, 1.54) is 0 Å². The number of nitrogen functional groups attached to an aromatic ring is 1. The number of nitrogens with one attached hydrogen (secondary N) is 3. The molecule has 0 saturated carbocycles. The standard InChI is InChI=1S/C23H26N4O4S.2ClH/c1-32(29,30)27-17-4-2-3-15(11-17)23(28)14-25-9-10-31-18-6-8-20-19-7-5-16(24)12-21(19)26-22(20)13-18;;/h2-8,11-13,23,25-28H,9-10,14,24H2,1H3;2*1H/t23-;;/m0../s1. The zero-order valence-electron chi connectivity index (χ0n) is 18.4. The Labute approximate surface area is 210 Å². The first kappa shape index (κ1) is 27.6. The Kier molecular flexibility index (Phi) is 9.43. The van der Waals surface area contributed by atoms with Gasteiger partial charge < -0.3 is 25.9 Å². The van der Waals surface area contributed by atoms with Crippen LogP contribution in [0.5, 0.6) is 5.75 Å². The number of anilines is 2. The monoisotopic (exact) mass is 526 g/mol. The van der Waals surface area contributed by atoms with Crippen molar-refractivity contribution in [1.82, 2.24) is 10.3 Å². The van der Waals surface area contributed by atoms with Gasteiger partial charge in [0.05, 0.1) is 17.9 Å². The van der Waals surface area contributed by atoms with Gasteiger partial charge in [-0.15, -0.1) is 24.8 Å². The molecule has 0 amide bonds. The van der Waals surface area contributed by atoms with Crippen LogP contribution in [0.2, 0.25) is 0 Å². The topological polar surface area (TPSA) is 129 Å². The lowest BCUT2D eigenvalue weighted by Crippen LogP contribution is -2.26. The van der Waals surface area contributed by atoms with Crippen LogP contribution in [0.15, 0.2) is 60.7 Å². The molecule has 0 unspecified atom stereocenters. The van der Waals surface area contributed by atoms with Crippen LogP contribution in [0.1, 0.15) is 11.7 Å². The number of benzene rings is 3. The molecule has 0 spiro atoms. The van der Waals surface area contributed by atoms with Gasteiger partial charge in [0.2, 0.25) is 10.0 Å². The number of aromatic amines is 1. The van der Waals surface area contributed by atoms with Crippen molar-refractivity contribution in [1.29, 1.82) is 0 Å². The molecule has 3 aromatic carbocycles. The summed E-state index contributed by atoms with van der Waals surface area (Å²) in [4.78, 5) is 3.36. The van der Waals surface area contributed by atoms with Crippen molar-refractivity contribution < 1.29 is 18.3 Å². The summed E-state index contributed by atoms with van der Waals surface area (Å²) in [5.41, 5.74) is 9.59. The second-order valence-electron chi connectivity index (χ2n) is 7.71. The number of aliphatic hydroxyl groups is 1. The first-order valence-electron chi connectivity index (χ1n) is 10.2. The van der Waals surface area contributed by atoms with Crippen molar-refractivity contribution in [3.63, 3.8) is 0 Å². The number of H-pyrrole nitrogens is 1. The van der Waals surface area contributed by atoms with Gasteiger partial charge in [-0.05, 0) is 42.0 Å². The van der Waals surface area contributed by atoms with Crippen LogP contribution in [0.4, 0.5) is 11.4 Å². The van der Waals surface area contributed by atoms with Crippen LogP contribution in [0, 0.1) is 0 Å². The van der Waals surface area contributed by atoms with E-state index in [0.29, 0.717) is 36.6 Å². The fraction of sp³-hybridized carbons (Fsp3) is 0.217. The highest BCUT2D eigenvalue weighted by atomic mass is 35.5. The predicted octanol–water partition coefficient (Wildman–Crippen LogP) is 3.82. The van der Waals surface area contributed by atoms with Gasteiger partial charge in [0.25, 0.3) is 0 Å². The minimum Gasteiger partial charge on any atom is -0.492 e. The Morgan fingerprint density at radius 1 is 1.03 bits per heavy atom. The number of rotatable bonds is 9.